The van der Waals surface area contributed by atoms with E-state index in [9.17, 15) is 0 Å². The average molecular weight is 180 g/mol. The zero-order valence-electron chi connectivity index (χ0n) is 7.97. The predicted octanol–water partition coefficient (Wildman–Crippen LogP) is 1.84. The first-order valence-electron chi connectivity index (χ1n) is 4.86. The fraction of sp³-hybridized carbons (Fsp3) is 0.600. The van der Waals surface area contributed by atoms with Gasteiger partial charge in [0.1, 0.15) is 0 Å². The number of piperidine rings is 1. The van der Waals surface area contributed by atoms with E-state index in [1.165, 1.54) is 24.8 Å². The number of H-pyrrole nitrogens is 1. The van der Waals surface area contributed by atoms with Crippen molar-refractivity contribution in [1.29, 1.82) is 0 Å². The van der Waals surface area contributed by atoms with Crippen LogP contribution >= 0.6 is 0 Å². The number of aromatic nitrogens is 1. The van der Waals surface area contributed by atoms with Gasteiger partial charge >= 0.3 is 0 Å². The molecule has 13 heavy (non-hydrogen) atoms. The molecule has 1 aromatic rings. The topological polar surface area (TPSA) is 37.0 Å². The van der Waals surface area contributed by atoms with E-state index in [1.807, 2.05) is 6.20 Å². The van der Waals surface area contributed by atoms with Gasteiger partial charge in [0.25, 0.3) is 0 Å². The number of rotatable bonds is 2. The molecule has 0 aromatic carbocycles. The lowest BCUT2D eigenvalue weighted by Gasteiger charge is -2.22. The van der Waals surface area contributed by atoms with Crippen molar-refractivity contribution in [2.24, 2.45) is 0 Å². The molecular weight excluding hydrogens is 164 g/mol. The summed E-state index contributed by atoms with van der Waals surface area (Å²) in [4.78, 5) is 3.09. The third kappa shape index (κ3) is 1.86. The molecule has 0 aliphatic carbocycles. The summed E-state index contributed by atoms with van der Waals surface area (Å²) >= 11 is 0. The quantitative estimate of drug-likeness (QED) is 0.728. The van der Waals surface area contributed by atoms with Crippen LogP contribution in [0.1, 0.15) is 30.9 Å². The maximum absolute atomic E-state index is 5.10. The molecule has 0 spiro atoms. The molecule has 0 amide bonds. The minimum absolute atomic E-state index is 0.522. The van der Waals surface area contributed by atoms with Gasteiger partial charge in [0, 0.05) is 18.3 Å². The molecule has 1 atom stereocenters. The second-order valence-corrected chi connectivity index (χ2v) is 3.50. The fourth-order valence-electron chi connectivity index (χ4n) is 1.84. The maximum atomic E-state index is 5.10. The fourth-order valence-corrected chi connectivity index (χ4v) is 1.84. The summed E-state index contributed by atoms with van der Waals surface area (Å²) in [7, 11) is 1.68. The molecule has 1 aliphatic heterocycles. The zero-order chi connectivity index (χ0) is 9.10. The number of nitrogens with one attached hydrogen (secondary N) is 2. The van der Waals surface area contributed by atoms with E-state index in [1.54, 1.807) is 7.11 Å². The van der Waals surface area contributed by atoms with Crippen LogP contribution in [0.4, 0.5) is 0 Å². The molecule has 72 valence electrons. The molecule has 1 aliphatic rings. The van der Waals surface area contributed by atoms with Gasteiger partial charge in [0.05, 0.1) is 7.11 Å². The van der Waals surface area contributed by atoms with Crippen molar-refractivity contribution in [1.82, 2.24) is 10.3 Å². The molecule has 2 rings (SSSR count). The third-order valence-corrected chi connectivity index (χ3v) is 2.61. The van der Waals surface area contributed by atoms with Gasteiger partial charge in [0.2, 0.25) is 0 Å². The van der Waals surface area contributed by atoms with Gasteiger partial charge in [0.15, 0.2) is 5.88 Å². The van der Waals surface area contributed by atoms with Crippen molar-refractivity contribution in [2.75, 3.05) is 13.7 Å². The second-order valence-electron chi connectivity index (χ2n) is 3.50. The van der Waals surface area contributed by atoms with Crippen molar-refractivity contribution in [3.05, 3.63) is 17.8 Å². The number of ether oxygens (including phenoxy) is 1. The second kappa shape index (κ2) is 3.83. The Morgan fingerprint density at radius 2 is 2.38 bits per heavy atom. The smallest absolute Gasteiger partial charge is 0.190 e. The summed E-state index contributed by atoms with van der Waals surface area (Å²) in [5, 5.41) is 3.50. The molecule has 2 heterocycles. The zero-order valence-corrected chi connectivity index (χ0v) is 7.97. The van der Waals surface area contributed by atoms with E-state index >= 15 is 0 Å². The Balaban J connectivity index is 2.05. The summed E-state index contributed by atoms with van der Waals surface area (Å²) in [6, 6.07) is 2.59. The summed E-state index contributed by atoms with van der Waals surface area (Å²) in [6.45, 7) is 1.14. The lowest BCUT2D eigenvalue weighted by molar-refractivity contribution is 0.398. The van der Waals surface area contributed by atoms with Crippen LogP contribution in [-0.4, -0.2) is 18.6 Å². The van der Waals surface area contributed by atoms with Crippen LogP contribution in [-0.2, 0) is 0 Å². The number of hydrogen-bond donors (Lipinski definition) is 2. The van der Waals surface area contributed by atoms with Gasteiger partial charge in [-0.3, -0.25) is 0 Å². The van der Waals surface area contributed by atoms with Crippen molar-refractivity contribution < 1.29 is 4.74 Å². The van der Waals surface area contributed by atoms with E-state index in [4.69, 9.17) is 4.74 Å². The Morgan fingerprint density at radius 3 is 3.00 bits per heavy atom. The Labute approximate surface area is 78.5 Å². The Bertz CT molecular complexity index is 264. The lowest BCUT2D eigenvalue weighted by atomic mass is 10.00. The molecule has 0 saturated carbocycles. The molecule has 0 radical (unpaired) electrons. The lowest BCUT2D eigenvalue weighted by Crippen LogP contribution is -2.26. The van der Waals surface area contributed by atoms with E-state index in [-0.39, 0.29) is 0 Å². The number of methoxy groups -OCH3 is 1. The highest BCUT2D eigenvalue weighted by atomic mass is 16.5. The molecule has 0 unspecified atom stereocenters. The normalized spacial score (nSPS) is 23.0. The molecule has 3 nitrogen and oxygen atoms in total. The van der Waals surface area contributed by atoms with Crippen molar-refractivity contribution >= 4 is 0 Å². The van der Waals surface area contributed by atoms with E-state index in [0.29, 0.717) is 6.04 Å². The number of hydrogen-bond acceptors (Lipinski definition) is 2. The van der Waals surface area contributed by atoms with Gasteiger partial charge < -0.3 is 15.0 Å². The van der Waals surface area contributed by atoms with Crippen LogP contribution < -0.4 is 10.1 Å². The van der Waals surface area contributed by atoms with E-state index in [2.05, 4.69) is 16.4 Å². The summed E-state index contributed by atoms with van der Waals surface area (Å²) in [5.74, 6) is 0.849. The molecule has 3 heteroatoms. The largest absolute Gasteiger partial charge is 0.482 e. The highest BCUT2D eigenvalue weighted by molar-refractivity contribution is 5.24. The summed E-state index contributed by atoms with van der Waals surface area (Å²) < 4.78 is 5.10. The van der Waals surface area contributed by atoms with Crippen molar-refractivity contribution in [3.63, 3.8) is 0 Å². The van der Waals surface area contributed by atoms with E-state index < -0.39 is 0 Å². The first kappa shape index (κ1) is 8.63. The standard InChI is InChI=1S/C10H16N2O/c1-13-10-6-8(7-12-10)9-4-2-3-5-11-9/h6-7,9,11-12H,2-5H2,1H3/t9-/m1/s1. The van der Waals surface area contributed by atoms with Crippen LogP contribution in [0, 0.1) is 0 Å². The maximum Gasteiger partial charge on any atom is 0.190 e. The van der Waals surface area contributed by atoms with Gasteiger partial charge in [-0.2, -0.15) is 0 Å². The third-order valence-electron chi connectivity index (χ3n) is 2.61. The predicted molar refractivity (Wildman–Crippen MR) is 51.9 cm³/mol. The minimum Gasteiger partial charge on any atom is -0.482 e. The molecule has 0 bridgehead atoms. The Kier molecular flexibility index (Phi) is 2.54. The average Bonchev–Trinajstić information content (AvgIpc) is 2.67. The highest BCUT2D eigenvalue weighted by Gasteiger charge is 2.15. The van der Waals surface area contributed by atoms with Gasteiger partial charge in [-0.1, -0.05) is 6.42 Å². The first-order chi connectivity index (χ1) is 6.40. The number of aromatic amines is 1. The summed E-state index contributed by atoms with van der Waals surface area (Å²) in [6.07, 6.45) is 5.89. The SMILES string of the molecule is COc1cc([C@H]2CCCCN2)c[nH]1. The van der Waals surface area contributed by atoms with Gasteiger partial charge in [-0.25, -0.2) is 0 Å². The Hall–Kier alpha value is -0.960. The van der Waals surface area contributed by atoms with Crippen LogP contribution in [0.3, 0.4) is 0 Å². The minimum atomic E-state index is 0.522. The van der Waals surface area contributed by atoms with Gasteiger partial charge in [-0.15, -0.1) is 0 Å². The molecule has 1 fully saturated rings. The van der Waals surface area contributed by atoms with Crippen LogP contribution in [0.2, 0.25) is 0 Å². The van der Waals surface area contributed by atoms with Crippen LogP contribution in [0.25, 0.3) is 0 Å². The Morgan fingerprint density at radius 1 is 1.46 bits per heavy atom. The molecule has 1 aromatic heterocycles. The monoisotopic (exact) mass is 180 g/mol. The molecule has 1 saturated heterocycles. The first-order valence-corrected chi connectivity index (χ1v) is 4.86. The van der Waals surface area contributed by atoms with Crippen molar-refractivity contribution in [3.8, 4) is 5.88 Å². The molecule has 2 N–H and O–H groups in total. The highest BCUT2D eigenvalue weighted by Crippen LogP contribution is 2.25. The van der Waals surface area contributed by atoms with Crippen LogP contribution in [0.15, 0.2) is 12.3 Å². The van der Waals surface area contributed by atoms with Crippen molar-refractivity contribution in [2.45, 2.75) is 25.3 Å². The van der Waals surface area contributed by atoms with Gasteiger partial charge in [-0.05, 0) is 24.9 Å². The summed E-state index contributed by atoms with van der Waals surface area (Å²) in [5.41, 5.74) is 1.32. The van der Waals surface area contributed by atoms with E-state index in [0.717, 1.165) is 12.4 Å². The van der Waals surface area contributed by atoms with Crippen LogP contribution in [0.5, 0.6) is 5.88 Å². The molecular formula is C10H16N2O.